The zero-order valence-corrected chi connectivity index (χ0v) is 8.52. The van der Waals surface area contributed by atoms with Crippen LogP contribution in [0.1, 0.15) is 25.1 Å². The molecule has 0 bridgehead atoms. The summed E-state index contributed by atoms with van der Waals surface area (Å²) in [6.45, 7) is 0.896. The number of aryl methyl sites for hydroxylation is 1. The van der Waals surface area contributed by atoms with Crippen molar-refractivity contribution in [2.24, 2.45) is 5.73 Å². The van der Waals surface area contributed by atoms with Gasteiger partial charge in [0.05, 0.1) is 13.1 Å². The zero-order valence-electron chi connectivity index (χ0n) is 8.52. The number of amides is 1. The summed E-state index contributed by atoms with van der Waals surface area (Å²) in [5, 5.41) is 7.02. The number of aromatic nitrogens is 3. The number of carbonyl (C=O) groups excluding carboxylic acids is 1. The Kier molecular flexibility index (Phi) is 2.96. The molecule has 82 valence electrons. The first-order valence-corrected chi connectivity index (χ1v) is 5.15. The minimum Gasteiger partial charge on any atom is -0.353 e. The molecule has 1 heterocycles. The number of nitrogens with two attached hydrogens (primary N) is 1. The van der Waals surface area contributed by atoms with Gasteiger partial charge < -0.3 is 11.1 Å². The summed E-state index contributed by atoms with van der Waals surface area (Å²) in [7, 11) is 0. The lowest BCUT2D eigenvalue weighted by Gasteiger charge is -2.02. The van der Waals surface area contributed by atoms with Crippen molar-refractivity contribution < 1.29 is 4.79 Å². The third kappa shape index (κ3) is 3.02. The van der Waals surface area contributed by atoms with Crippen LogP contribution in [0.2, 0.25) is 0 Å². The molecule has 0 unspecified atom stereocenters. The van der Waals surface area contributed by atoms with Crippen LogP contribution in [0.15, 0.2) is 6.33 Å². The molecule has 0 aromatic carbocycles. The standard InChI is InChI=1S/C9H15N5O/c10-5-8-11-6-14(13-8)4-3-9(15)12-7-1-2-7/h6-7H,1-5,10H2,(H,12,15). The highest BCUT2D eigenvalue weighted by molar-refractivity contribution is 5.76. The molecule has 1 fully saturated rings. The summed E-state index contributed by atoms with van der Waals surface area (Å²) >= 11 is 0. The molecule has 1 aliphatic carbocycles. The van der Waals surface area contributed by atoms with Gasteiger partial charge in [-0.25, -0.2) is 4.98 Å². The Morgan fingerprint density at radius 3 is 3.07 bits per heavy atom. The summed E-state index contributed by atoms with van der Waals surface area (Å²) < 4.78 is 1.65. The van der Waals surface area contributed by atoms with Crippen LogP contribution >= 0.6 is 0 Å². The van der Waals surface area contributed by atoms with E-state index in [1.54, 1.807) is 11.0 Å². The molecule has 1 aromatic heterocycles. The fourth-order valence-corrected chi connectivity index (χ4v) is 1.28. The van der Waals surface area contributed by atoms with Crippen molar-refractivity contribution in [1.29, 1.82) is 0 Å². The van der Waals surface area contributed by atoms with Gasteiger partial charge in [-0.1, -0.05) is 0 Å². The monoisotopic (exact) mass is 209 g/mol. The Morgan fingerprint density at radius 2 is 2.47 bits per heavy atom. The third-order valence-corrected chi connectivity index (χ3v) is 2.28. The molecule has 1 aromatic rings. The van der Waals surface area contributed by atoms with Gasteiger partial charge in [-0.15, -0.1) is 0 Å². The number of hydrogen-bond acceptors (Lipinski definition) is 4. The van der Waals surface area contributed by atoms with Crippen LogP contribution in [0.5, 0.6) is 0 Å². The van der Waals surface area contributed by atoms with E-state index < -0.39 is 0 Å². The van der Waals surface area contributed by atoms with Crippen molar-refractivity contribution >= 4 is 5.91 Å². The van der Waals surface area contributed by atoms with Crippen molar-refractivity contribution in [1.82, 2.24) is 20.1 Å². The summed E-state index contributed by atoms with van der Waals surface area (Å²) in [5.41, 5.74) is 5.38. The topological polar surface area (TPSA) is 85.8 Å². The Morgan fingerprint density at radius 1 is 1.67 bits per heavy atom. The minimum absolute atomic E-state index is 0.0855. The molecule has 6 nitrogen and oxygen atoms in total. The Bertz CT molecular complexity index is 344. The Hall–Kier alpha value is -1.43. The van der Waals surface area contributed by atoms with Gasteiger partial charge in [-0.3, -0.25) is 9.48 Å². The molecule has 0 atom stereocenters. The van der Waals surface area contributed by atoms with E-state index in [0.29, 0.717) is 31.4 Å². The molecule has 0 spiro atoms. The summed E-state index contributed by atoms with van der Waals surface area (Å²) in [6.07, 6.45) is 4.29. The third-order valence-electron chi connectivity index (χ3n) is 2.28. The number of carbonyl (C=O) groups is 1. The predicted molar refractivity (Wildman–Crippen MR) is 53.7 cm³/mol. The number of nitrogens with zero attached hydrogens (tertiary/aromatic N) is 3. The Balaban J connectivity index is 1.73. The largest absolute Gasteiger partial charge is 0.353 e. The molecule has 15 heavy (non-hydrogen) atoms. The van der Waals surface area contributed by atoms with Gasteiger partial charge in [0.1, 0.15) is 6.33 Å². The van der Waals surface area contributed by atoms with Gasteiger partial charge in [-0.05, 0) is 12.8 Å². The molecule has 1 saturated carbocycles. The second-order valence-electron chi connectivity index (χ2n) is 3.72. The van der Waals surface area contributed by atoms with Crippen LogP contribution in [-0.2, 0) is 17.9 Å². The van der Waals surface area contributed by atoms with E-state index in [4.69, 9.17) is 5.73 Å². The van der Waals surface area contributed by atoms with Crippen LogP contribution in [0, 0.1) is 0 Å². The van der Waals surface area contributed by atoms with Gasteiger partial charge >= 0.3 is 0 Å². The molecule has 1 amide bonds. The van der Waals surface area contributed by atoms with Gasteiger partial charge in [0.2, 0.25) is 5.91 Å². The number of hydrogen-bond donors (Lipinski definition) is 2. The first-order chi connectivity index (χ1) is 7.28. The quantitative estimate of drug-likeness (QED) is 0.678. The maximum Gasteiger partial charge on any atom is 0.222 e. The lowest BCUT2D eigenvalue weighted by Crippen LogP contribution is -2.26. The van der Waals surface area contributed by atoms with Gasteiger partial charge in [0, 0.05) is 12.5 Å². The average Bonchev–Trinajstić information content (AvgIpc) is 2.92. The van der Waals surface area contributed by atoms with Crippen LogP contribution < -0.4 is 11.1 Å². The first-order valence-electron chi connectivity index (χ1n) is 5.15. The van der Waals surface area contributed by atoms with E-state index in [-0.39, 0.29) is 5.91 Å². The molecular weight excluding hydrogens is 194 g/mol. The van der Waals surface area contributed by atoms with E-state index in [1.165, 1.54) is 0 Å². The van der Waals surface area contributed by atoms with Crippen LogP contribution in [0.25, 0.3) is 0 Å². The molecule has 1 aliphatic rings. The molecule has 0 aliphatic heterocycles. The summed E-state index contributed by atoms with van der Waals surface area (Å²) in [4.78, 5) is 15.3. The highest BCUT2D eigenvalue weighted by Crippen LogP contribution is 2.18. The van der Waals surface area contributed by atoms with Crippen molar-refractivity contribution in [3.05, 3.63) is 12.2 Å². The summed E-state index contributed by atoms with van der Waals surface area (Å²) in [6, 6.07) is 0.424. The lowest BCUT2D eigenvalue weighted by molar-refractivity contribution is -0.121. The summed E-state index contributed by atoms with van der Waals surface area (Å²) in [5.74, 6) is 0.694. The van der Waals surface area contributed by atoms with E-state index in [1.807, 2.05) is 0 Å². The highest BCUT2D eigenvalue weighted by Gasteiger charge is 2.22. The van der Waals surface area contributed by atoms with E-state index in [2.05, 4.69) is 15.4 Å². The highest BCUT2D eigenvalue weighted by atomic mass is 16.1. The van der Waals surface area contributed by atoms with Crippen LogP contribution in [0.3, 0.4) is 0 Å². The van der Waals surface area contributed by atoms with E-state index >= 15 is 0 Å². The van der Waals surface area contributed by atoms with Crippen LogP contribution in [0.4, 0.5) is 0 Å². The van der Waals surface area contributed by atoms with Crippen molar-refractivity contribution in [2.75, 3.05) is 0 Å². The molecule has 6 heteroatoms. The fourth-order valence-electron chi connectivity index (χ4n) is 1.28. The first kappa shape index (κ1) is 10.1. The van der Waals surface area contributed by atoms with Crippen molar-refractivity contribution in [3.63, 3.8) is 0 Å². The molecule has 0 radical (unpaired) electrons. The molecule has 0 saturated heterocycles. The predicted octanol–water partition coefficient (Wildman–Crippen LogP) is -0.595. The molecule has 3 N–H and O–H groups in total. The minimum atomic E-state index is 0.0855. The van der Waals surface area contributed by atoms with Crippen molar-refractivity contribution in [3.8, 4) is 0 Å². The van der Waals surface area contributed by atoms with E-state index in [0.717, 1.165) is 12.8 Å². The van der Waals surface area contributed by atoms with E-state index in [9.17, 15) is 4.79 Å². The second-order valence-corrected chi connectivity index (χ2v) is 3.72. The van der Waals surface area contributed by atoms with Crippen LogP contribution in [-0.4, -0.2) is 26.7 Å². The number of nitrogens with one attached hydrogen (secondary N) is 1. The average molecular weight is 209 g/mol. The SMILES string of the molecule is NCc1ncn(CCC(=O)NC2CC2)n1. The van der Waals surface area contributed by atoms with Gasteiger partial charge in [0.25, 0.3) is 0 Å². The maximum atomic E-state index is 11.3. The lowest BCUT2D eigenvalue weighted by atomic mass is 10.4. The Labute approximate surface area is 87.9 Å². The normalized spacial score (nSPS) is 15.3. The molecule has 2 rings (SSSR count). The van der Waals surface area contributed by atoms with Crippen molar-refractivity contribution in [2.45, 2.75) is 38.4 Å². The second kappa shape index (κ2) is 4.39. The zero-order chi connectivity index (χ0) is 10.7. The van der Waals surface area contributed by atoms with Gasteiger partial charge in [0.15, 0.2) is 5.82 Å². The molecular formula is C9H15N5O. The fraction of sp³-hybridized carbons (Fsp3) is 0.667. The number of rotatable bonds is 5. The smallest absolute Gasteiger partial charge is 0.222 e. The van der Waals surface area contributed by atoms with Gasteiger partial charge in [-0.2, -0.15) is 5.10 Å². The maximum absolute atomic E-state index is 11.3.